The van der Waals surface area contributed by atoms with Crippen LogP contribution in [0.3, 0.4) is 0 Å². The van der Waals surface area contributed by atoms with Crippen molar-refractivity contribution >= 4 is 29.3 Å². The van der Waals surface area contributed by atoms with E-state index in [1.165, 1.54) is 4.90 Å². The van der Waals surface area contributed by atoms with Gasteiger partial charge in [0, 0.05) is 26.1 Å². The molecule has 158 valence electrons. The van der Waals surface area contributed by atoms with Crippen LogP contribution in [-0.2, 0) is 22.6 Å². The number of carbonyl (C=O) groups excluding carboxylic acids is 3. The average molecular weight is 428 g/mol. The Labute approximate surface area is 181 Å². The maximum atomic E-state index is 13.3. The molecule has 0 aliphatic carbocycles. The van der Waals surface area contributed by atoms with Crippen LogP contribution in [0, 0.1) is 0 Å². The average Bonchev–Trinajstić information content (AvgIpc) is 2.71. The number of rotatable bonds is 5. The number of hydrogen-bond donors (Lipinski definition) is 1. The highest BCUT2D eigenvalue weighted by atomic mass is 35.5. The van der Waals surface area contributed by atoms with Gasteiger partial charge < -0.3 is 15.1 Å². The summed E-state index contributed by atoms with van der Waals surface area (Å²) < 4.78 is 0. The minimum Gasteiger partial charge on any atom is -0.352 e. The first-order valence-corrected chi connectivity index (χ1v) is 10.3. The molecular weight excluding hydrogens is 402 g/mol. The predicted molar refractivity (Wildman–Crippen MR) is 116 cm³/mol. The third-order valence-electron chi connectivity index (χ3n) is 5.11. The van der Waals surface area contributed by atoms with E-state index in [-0.39, 0.29) is 30.3 Å². The van der Waals surface area contributed by atoms with Gasteiger partial charge in [-0.3, -0.25) is 14.4 Å². The zero-order chi connectivity index (χ0) is 21.8. The van der Waals surface area contributed by atoms with E-state index in [4.69, 9.17) is 11.6 Å². The summed E-state index contributed by atoms with van der Waals surface area (Å²) in [6, 6.07) is 13.9. The summed E-state index contributed by atoms with van der Waals surface area (Å²) in [5, 5.41) is 3.13. The lowest BCUT2D eigenvalue weighted by Gasteiger charge is -2.38. The molecule has 0 fully saturated rings. The van der Waals surface area contributed by atoms with Gasteiger partial charge >= 0.3 is 0 Å². The van der Waals surface area contributed by atoms with E-state index in [2.05, 4.69) is 5.32 Å². The number of fused-ring (bicyclic) bond motifs is 1. The molecule has 7 heteroatoms. The Morgan fingerprint density at radius 1 is 1.10 bits per heavy atom. The van der Waals surface area contributed by atoms with Gasteiger partial charge in [-0.15, -0.1) is 0 Å². The highest BCUT2D eigenvalue weighted by Crippen LogP contribution is 2.27. The van der Waals surface area contributed by atoms with Crippen molar-refractivity contribution in [1.82, 2.24) is 15.1 Å². The van der Waals surface area contributed by atoms with E-state index in [9.17, 15) is 14.4 Å². The number of hydrogen-bond acceptors (Lipinski definition) is 3. The molecular formula is C23H26ClN3O3. The molecule has 1 unspecified atom stereocenters. The van der Waals surface area contributed by atoms with Gasteiger partial charge in [0.25, 0.3) is 5.91 Å². The van der Waals surface area contributed by atoms with Crippen molar-refractivity contribution in [3.8, 4) is 0 Å². The molecule has 1 heterocycles. The zero-order valence-corrected chi connectivity index (χ0v) is 18.1. The molecule has 30 heavy (non-hydrogen) atoms. The number of nitrogens with one attached hydrogen (secondary N) is 1. The van der Waals surface area contributed by atoms with Gasteiger partial charge in [0.1, 0.15) is 6.04 Å². The maximum Gasteiger partial charge on any atom is 0.256 e. The van der Waals surface area contributed by atoms with Crippen molar-refractivity contribution in [2.75, 3.05) is 13.6 Å². The lowest BCUT2D eigenvalue weighted by molar-refractivity contribution is -0.139. The Hall–Kier alpha value is -2.86. The molecule has 0 spiro atoms. The molecule has 2 aromatic carbocycles. The molecule has 1 N–H and O–H groups in total. The lowest BCUT2D eigenvalue weighted by atomic mass is 9.92. The summed E-state index contributed by atoms with van der Waals surface area (Å²) in [6.45, 7) is 3.97. The summed E-state index contributed by atoms with van der Waals surface area (Å²) in [5.41, 5.74) is 2.39. The Balaban J connectivity index is 1.89. The third kappa shape index (κ3) is 4.82. The van der Waals surface area contributed by atoms with Crippen LogP contribution in [0.5, 0.6) is 0 Å². The second-order valence-electron chi connectivity index (χ2n) is 7.82. The molecule has 1 aliphatic heterocycles. The van der Waals surface area contributed by atoms with Crippen LogP contribution >= 0.6 is 11.6 Å². The Bertz CT molecular complexity index is 960. The highest BCUT2D eigenvalue weighted by Gasteiger charge is 2.37. The standard InChI is InChI=1S/C23H26ClN3O3/c1-15(2)25-21(28)14-26(3)23(30)20-12-16-8-4-5-9-17(16)13-27(20)22(29)18-10-6-7-11-19(18)24/h4-11,15,20H,12-14H2,1-3H3,(H,25,28). The minimum atomic E-state index is -0.708. The number of halogens is 1. The van der Waals surface area contributed by atoms with Crippen molar-refractivity contribution < 1.29 is 14.4 Å². The van der Waals surface area contributed by atoms with Crippen molar-refractivity contribution in [3.63, 3.8) is 0 Å². The first-order valence-electron chi connectivity index (χ1n) is 9.94. The van der Waals surface area contributed by atoms with Crippen LogP contribution < -0.4 is 5.32 Å². The predicted octanol–water partition coefficient (Wildman–Crippen LogP) is 2.89. The number of carbonyl (C=O) groups is 3. The maximum absolute atomic E-state index is 13.3. The topological polar surface area (TPSA) is 69.7 Å². The van der Waals surface area contributed by atoms with E-state index in [1.807, 2.05) is 38.1 Å². The first kappa shape index (κ1) is 21.8. The van der Waals surface area contributed by atoms with Gasteiger partial charge in [-0.2, -0.15) is 0 Å². The van der Waals surface area contributed by atoms with Crippen LogP contribution in [0.2, 0.25) is 5.02 Å². The van der Waals surface area contributed by atoms with Crippen LogP contribution in [0.25, 0.3) is 0 Å². The van der Waals surface area contributed by atoms with Gasteiger partial charge in [-0.1, -0.05) is 48.0 Å². The van der Waals surface area contributed by atoms with Gasteiger partial charge in [0.05, 0.1) is 17.1 Å². The van der Waals surface area contributed by atoms with Gasteiger partial charge in [-0.05, 0) is 37.1 Å². The van der Waals surface area contributed by atoms with E-state index >= 15 is 0 Å². The Kier molecular flexibility index (Phi) is 6.77. The zero-order valence-electron chi connectivity index (χ0n) is 17.4. The van der Waals surface area contributed by atoms with E-state index in [0.29, 0.717) is 23.6 Å². The van der Waals surface area contributed by atoms with Crippen molar-refractivity contribution in [1.29, 1.82) is 0 Å². The van der Waals surface area contributed by atoms with Crippen LogP contribution in [0.15, 0.2) is 48.5 Å². The second-order valence-corrected chi connectivity index (χ2v) is 8.23. The molecule has 0 saturated heterocycles. The highest BCUT2D eigenvalue weighted by molar-refractivity contribution is 6.33. The molecule has 0 radical (unpaired) electrons. The summed E-state index contributed by atoms with van der Waals surface area (Å²) in [4.78, 5) is 41.7. The Morgan fingerprint density at radius 2 is 1.73 bits per heavy atom. The number of likely N-dealkylation sites (N-methyl/N-ethyl adjacent to an activating group) is 1. The fraction of sp³-hybridized carbons (Fsp3) is 0.348. The lowest BCUT2D eigenvalue weighted by Crippen LogP contribution is -2.54. The molecule has 1 aliphatic rings. The largest absolute Gasteiger partial charge is 0.352 e. The Morgan fingerprint density at radius 3 is 2.40 bits per heavy atom. The molecule has 0 aromatic heterocycles. The van der Waals surface area contributed by atoms with E-state index < -0.39 is 6.04 Å². The van der Waals surface area contributed by atoms with Crippen molar-refractivity contribution in [3.05, 3.63) is 70.2 Å². The van der Waals surface area contributed by atoms with Crippen molar-refractivity contribution in [2.24, 2.45) is 0 Å². The fourth-order valence-corrected chi connectivity index (χ4v) is 3.88. The van der Waals surface area contributed by atoms with Crippen LogP contribution in [0.1, 0.15) is 35.3 Å². The third-order valence-corrected chi connectivity index (χ3v) is 5.43. The minimum absolute atomic E-state index is 0.0131. The summed E-state index contributed by atoms with van der Waals surface area (Å²) >= 11 is 6.25. The quantitative estimate of drug-likeness (QED) is 0.797. The summed E-state index contributed by atoms with van der Waals surface area (Å²) in [7, 11) is 1.58. The van der Waals surface area contributed by atoms with Crippen molar-refractivity contribution in [2.45, 2.75) is 38.9 Å². The number of benzene rings is 2. The van der Waals surface area contributed by atoms with Gasteiger partial charge in [0.15, 0.2) is 0 Å². The van der Waals surface area contributed by atoms with E-state index in [1.54, 1.807) is 36.2 Å². The number of nitrogens with zero attached hydrogens (tertiary/aromatic N) is 2. The van der Waals surface area contributed by atoms with Crippen LogP contribution in [0.4, 0.5) is 0 Å². The molecule has 3 amide bonds. The smallest absolute Gasteiger partial charge is 0.256 e. The normalized spacial score (nSPS) is 15.5. The molecule has 6 nitrogen and oxygen atoms in total. The monoisotopic (exact) mass is 427 g/mol. The fourth-order valence-electron chi connectivity index (χ4n) is 3.66. The van der Waals surface area contributed by atoms with Crippen LogP contribution in [-0.4, -0.2) is 53.2 Å². The SMILES string of the molecule is CC(C)NC(=O)CN(C)C(=O)C1Cc2ccccc2CN1C(=O)c1ccccc1Cl. The molecule has 2 aromatic rings. The number of amides is 3. The second kappa shape index (κ2) is 9.30. The molecule has 1 atom stereocenters. The molecule has 0 saturated carbocycles. The van der Waals surface area contributed by atoms with Gasteiger partial charge in [0.2, 0.25) is 11.8 Å². The first-order chi connectivity index (χ1) is 14.3. The molecule has 0 bridgehead atoms. The molecule has 3 rings (SSSR count). The summed E-state index contributed by atoms with van der Waals surface area (Å²) in [6.07, 6.45) is 0.390. The summed E-state index contributed by atoms with van der Waals surface area (Å²) in [5.74, 6) is -0.807. The van der Waals surface area contributed by atoms with E-state index in [0.717, 1.165) is 11.1 Å². The van der Waals surface area contributed by atoms with Gasteiger partial charge in [-0.25, -0.2) is 0 Å².